The Bertz CT molecular complexity index is 630. The Balaban J connectivity index is 2.03. The zero-order chi connectivity index (χ0) is 15.2. The van der Waals surface area contributed by atoms with Gasteiger partial charge in [-0.3, -0.25) is 0 Å². The van der Waals surface area contributed by atoms with E-state index in [2.05, 4.69) is 41.6 Å². The molecule has 2 rings (SSSR count). The largest absolute Gasteiger partial charge is 0.493 e. The van der Waals surface area contributed by atoms with E-state index >= 15 is 0 Å². The van der Waals surface area contributed by atoms with E-state index in [-0.39, 0.29) is 6.04 Å². The van der Waals surface area contributed by atoms with Crippen LogP contribution in [0.2, 0.25) is 0 Å². The highest BCUT2D eigenvalue weighted by atomic mass is 32.1. The maximum Gasteiger partial charge on any atom is 0.174 e. The number of nitrogens with one attached hydrogen (secondary N) is 2. The summed E-state index contributed by atoms with van der Waals surface area (Å²) >= 11 is 5.35. The molecule has 0 saturated heterocycles. The van der Waals surface area contributed by atoms with Crippen LogP contribution >= 0.6 is 12.2 Å². The van der Waals surface area contributed by atoms with Crippen LogP contribution in [0.4, 0.5) is 5.82 Å². The molecule has 2 N–H and O–H groups in total. The van der Waals surface area contributed by atoms with Gasteiger partial charge in [0.1, 0.15) is 0 Å². The van der Waals surface area contributed by atoms with Crippen LogP contribution < -0.4 is 15.4 Å². The molecule has 0 fully saturated rings. The van der Waals surface area contributed by atoms with Gasteiger partial charge in [0.25, 0.3) is 0 Å². The zero-order valence-corrected chi connectivity index (χ0v) is 13.2. The van der Waals surface area contributed by atoms with Crippen molar-refractivity contribution in [1.29, 1.82) is 0 Å². The molecule has 1 atom stereocenters. The minimum atomic E-state index is 0.112. The van der Waals surface area contributed by atoms with Crippen molar-refractivity contribution in [2.75, 3.05) is 12.4 Å². The van der Waals surface area contributed by atoms with E-state index in [1.807, 2.05) is 24.3 Å². The predicted molar refractivity (Wildman–Crippen MR) is 89.7 cm³/mol. The van der Waals surface area contributed by atoms with Crippen molar-refractivity contribution in [1.82, 2.24) is 10.3 Å². The number of anilines is 1. The average Bonchev–Trinajstić information content (AvgIpc) is 2.48. The second-order valence-corrected chi connectivity index (χ2v) is 5.14. The van der Waals surface area contributed by atoms with Gasteiger partial charge in [-0.05, 0) is 49.3 Å². The number of pyridine rings is 1. The molecule has 0 spiro atoms. The van der Waals surface area contributed by atoms with Crippen molar-refractivity contribution >= 4 is 23.1 Å². The van der Waals surface area contributed by atoms with Crippen molar-refractivity contribution < 1.29 is 4.74 Å². The highest BCUT2D eigenvalue weighted by Gasteiger charge is 2.11. The molecule has 21 heavy (non-hydrogen) atoms. The number of hydrogen-bond donors (Lipinski definition) is 2. The molecule has 0 aliphatic heterocycles. The first kappa shape index (κ1) is 15.3. The Morgan fingerprint density at radius 2 is 2.00 bits per heavy atom. The Morgan fingerprint density at radius 3 is 2.71 bits per heavy atom. The molecular formula is C16H19N3OS. The summed E-state index contributed by atoms with van der Waals surface area (Å²) in [5, 5.41) is 6.84. The van der Waals surface area contributed by atoms with Crippen molar-refractivity contribution in [3.05, 3.63) is 53.7 Å². The van der Waals surface area contributed by atoms with E-state index in [0.29, 0.717) is 16.7 Å². The van der Waals surface area contributed by atoms with Crippen molar-refractivity contribution in [3.8, 4) is 5.75 Å². The van der Waals surface area contributed by atoms with Crippen LogP contribution in [0.3, 0.4) is 0 Å². The number of rotatable bonds is 4. The topological polar surface area (TPSA) is 46.2 Å². The lowest BCUT2D eigenvalue weighted by Gasteiger charge is -2.19. The minimum Gasteiger partial charge on any atom is -0.493 e. The third kappa shape index (κ3) is 3.92. The maximum absolute atomic E-state index is 5.35. The van der Waals surface area contributed by atoms with Gasteiger partial charge in [0.2, 0.25) is 0 Å². The van der Waals surface area contributed by atoms with Crippen LogP contribution in [-0.4, -0.2) is 17.2 Å². The lowest BCUT2D eigenvalue weighted by atomic mass is 10.0. The molecule has 0 aliphatic rings. The van der Waals surface area contributed by atoms with Crippen LogP contribution in [0.1, 0.15) is 24.1 Å². The van der Waals surface area contributed by atoms with Gasteiger partial charge in [-0.2, -0.15) is 0 Å². The Kier molecular flexibility index (Phi) is 5.11. The lowest BCUT2D eigenvalue weighted by Crippen LogP contribution is -2.31. The van der Waals surface area contributed by atoms with E-state index in [9.17, 15) is 0 Å². The number of hydrogen-bond acceptors (Lipinski definition) is 3. The number of ether oxygens (including phenoxy) is 1. The molecule has 110 valence electrons. The zero-order valence-electron chi connectivity index (χ0n) is 12.4. The van der Waals surface area contributed by atoms with Gasteiger partial charge in [-0.15, -0.1) is 0 Å². The Labute approximate surface area is 130 Å². The van der Waals surface area contributed by atoms with Crippen LogP contribution in [0.25, 0.3) is 0 Å². The van der Waals surface area contributed by atoms with E-state index < -0.39 is 0 Å². The van der Waals surface area contributed by atoms with E-state index in [0.717, 1.165) is 0 Å². The third-order valence-electron chi connectivity index (χ3n) is 3.23. The standard InChI is InChI=1S/C16H19N3OS/c1-11-7-4-5-8-13(11)12(2)18-16(21)19-15-14(20-3)9-6-10-17-15/h4-10,12H,1-3H3,(H2,17,18,19,21). The summed E-state index contributed by atoms with van der Waals surface area (Å²) in [4.78, 5) is 4.22. The molecule has 1 aromatic heterocycles. The smallest absolute Gasteiger partial charge is 0.174 e. The number of aryl methyl sites for hydroxylation is 1. The summed E-state index contributed by atoms with van der Waals surface area (Å²) in [6.07, 6.45) is 1.69. The monoisotopic (exact) mass is 301 g/mol. The van der Waals surface area contributed by atoms with Gasteiger partial charge < -0.3 is 15.4 Å². The van der Waals surface area contributed by atoms with Gasteiger partial charge in [-0.1, -0.05) is 24.3 Å². The number of thiocarbonyl (C=S) groups is 1. The second-order valence-electron chi connectivity index (χ2n) is 4.73. The van der Waals surface area contributed by atoms with Crippen molar-refractivity contribution in [2.45, 2.75) is 19.9 Å². The van der Waals surface area contributed by atoms with Crippen LogP contribution in [0.15, 0.2) is 42.6 Å². The molecule has 0 saturated carbocycles. The average molecular weight is 301 g/mol. The molecule has 0 amide bonds. The Morgan fingerprint density at radius 1 is 1.24 bits per heavy atom. The fourth-order valence-corrected chi connectivity index (χ4v) is 2.41. The SMILES string of the molecule is COc1cccnc1NC(=S)NC(C)c1ccccc1C. The molecule has 0 radical (unpaired) electrons. The van der Waals surface area contributed by atoms with Crippen LogP contribution in [-0.2, 0) is 0 Å². The summed E-state index contributed by atoms with van der Waals surface area (Å²) in [7, 11) is 1.61. The number of methoxy groups -OCH3 is 1. The predicted octanol–water partition coefficient (Wildman–Crippen LogP) is 3.45. The number of aromatic nitrogens is 1. The van der Waals surface area contributed by atoms with Gasteiger partial charge in [0, 0.05) is 6.20 Å². The quantitative estimate of drug-likeness (QED) is 0.847. The molecule has 0 bridgehead atoms. The molecule has 1 aromatic carbocycles. The first-order valence-corrected chi connectivity index (χ1v) is 7.14. The fraction of sp³-hybridized carbons (Fsp3) is 0.250. The molecular weight excluding hydrogens is 282 g/mol. The number of benzene rings is 1. The Hall–Kier alpha value is -2.14. The molecule has 4 nitrogen and oxygen atoms in total. The van der Waals surface area contributed by atoms with Crippen LogP contribution in [0.5, 0.6) is 5.75 Å². The highest BCUT2D eigenvalue weighted by molar-refractivity contribution is 7.80. The minimum absolute atomic E-state index is 0.112. The van der Waals surface area contributed by atoms with Crippen LogP contribution in [0, 0.1) is 6.92 Å². The molecule has 1 heterocycles. The molecule has 1 unspecified atom stereocenters. The summed E-state index contributed by atoms with van der Waals surface area (Å²) < 4.78 is 5.24. The summed E-state index contributed by atoms with van der Waals surface area (Å²) in [5.74, 6) is 1.26. The van der Waals surface area contributed by atoms with E-state index in [4.69, 9.17) is 17.0 Å². The van der Waals surface area contributed by atoms with Gasteiger partial charge in [-0.25, -0.2) is 4.98 Å². The van der Waals surface area contributed by atoms with Gasteiger partial charge >= 0.3 is 0 Å². The van der Waals surface area contributed by atoms with E-state index in [1.165, 1.54) is 11.1 Å². The molecule has 2 aromatic rings. The normalized spacial score (nSPS) is 11.6. The fourth-order valence-electron chi connectivity index (χ4n) is 2.14. The van der Waals surface area contributed by atoms with Crippen molar-refractivity contribution in [2.24, 2.45) is 0 Å². The maximum atomic E-state index is 5.35. The summed E-state index contributed by atoms with van der Waals surface area (Å²) in [6.45, 7) is 4.16. The molecule has 5 heteroatoms. The summed E-state index contributed by atoms with van der Waals surface area (Å²) in [5.41, 5.74) is 2.45. The first-order chi connectivity index (χ1) is 10.1. The number of nitrogens with zero attached hydrogens (tertiary/aromatic N) is 1. The third-order valence-corrected chi connectivity index (χ3v) is 3.45. The van der Waals surface area contributed by atoms with Gasteiger partial charge in [0.05, 0.1) is 13.2 Å². The highest BCUT2D eigenvalue weighted by Crippen LogP contribution is 2.21. The van der Waals surface area contributed by atoms with Gasteiger partial charge in [0.15, 0.2) is 16.7 Å². The first-order valence-electron chi connectivity index (χ1n) is 6.74. The van der Waals surface area contributed by atoms with Crippen molar-refractivity contribution in [3.63, 3.8) is 0 Å². The van der Waals surface area contributed by atoms with E-state index in [1.54, 1.807) is 13.3 Å². The second kappa shape index (κ2) is 7.04. The lowest BCUT2D eigenvalue weighted by molar-refractivity contribution is 0.415. The summed E-state index contributed by atoms with van der Waals surface area (Å²) in [6, 6.07) is 12.0. The molecule has 0 aliphatic carbocycles.